The molecular formula is C20H36N4O3. The third-order valence-electron chi connectivity index (χ3n) is 4.70. The molecule has 1 aromatic heterocycles. The van der Waals surface area contributed by atoms with Crippen LogP contribution < -0.4 is 10.6 Å². The molecule has 7 heteroatoms. The molecule has 2 heterocycles. The molecule has 0 unspecified atom stereocenters. The van der Waals surface area contributed by atoms with Gasteiger partial charge in [-0.2, -0.15) is 0 Å². The van der Waals surface area contributed by atoms with Gasteiger partial charge in [0, 0.05) is 65.5 Å². The van der Waals surface area contributed by atoms with E-state index >= 15 is 0 Å². The van der Waals surface area contributed by atoms with Crippen LogP contribution in [0, 0.1) is 0 Å². The number of methoxy groups -OCH3 is 1. The molecule has 0 saturated carbocycles. The highest BCUT2D eigenvalue weighted by Crippen LogP contribution is 2.10. The van der Waals surface area contributed by atoms with Crippen LogP contribution in [0.3, 0.4) is 0 Å². The number of guanidine groups is 1. The average Bonchev–Trinajstić information content (AvgIpc) is 3.20. The lowest BCUT2D eigenvalue weighted by Crippen LogP contribution is -2.49. The topological polar surface area (TPSA) is 71.3 Å². The van der Waals surface area contributed by atoms with Crippen molar-refractivity contribution in [1.29, 1.82) is 0 Å². The molecule has 2 rings (SSSR count). The maximum Gasteiger partial charge on any atom is 0.191 e. The van der Waals surface area contributed by atoms with E-state index < -0.39 is 0 Å². The standard InChI is InChI=1S/C20H36N4O3/c1-3-26-15-5-10-21-20(22-11-7-19-6-4-16-27-19)23-18-8-12-24(13-9-18)14-17-25-2/h4,6,16,18H,3,5,7-15,17H2,1-2H3,(H2,21,22,23). The summed E-state index contributed by atoms with van der Waals surface area (Å²) >= 11 is 0. The summed E-state index contributed by atoms with van der Waals surface area (Å²) in [5.41, 5.74) is 0. The highest BCUT2D eigenvalue weighted by atomic mass is 16.5. The summed E-state index contributed by atoms with van der Waals surface area (Å²) < 4.78 is 16.0. The summed E-state index contributed by atoms with van der Waals surface area (Å²) in [5, 5.41) is 7.06. The number of hydrogen-bond acceptors (Lipinski definition) is 5. The molecule has 1 aliphatic rings. The maximum atomic E-state index is 5.40. The van der Waals surface area contributed by atoms with E-state index in [1.54, 1.807) is 13.4 Å². The largest absolute Gasteiger partial charge is 0.469 e. The van der Waals surface area contributed by atoms with Gasteiger partial charge in [-0.05, 0) is 38.3 Å². The summed E-state index contributed by atoms with van der Waals surface area (Å²) in [6, 6.07) is 4.39. The Morgan fingerprint density at radius 2 is 2.19 bits per heavy atom. The number of rotatable bonds is 12. The molecule has 0 atom stereocenters. The first kappa shape index (κ1) is 21.7. The van der Waals surface area contributed by atoms with Crippen molar-refractivity contribution in [2.24, 2.45) is 4.99 Å². The molecule has 27 heavy (non-hydrogen) atoms. The van der Waals surface area contributed by atoms with E-state index in [9.17, 15) is 0 Å². The summed E-state index contributed by atoms with van der Waals surface area (Å²) in [7, 11) is 1.76. The Hall–Kier alpha value is -1.57. The fraction of sp³-hybridized carbons (Fsp3) is 0.750. The molecule has 1 aliphatic heterocycles. The number of hydrogen-bond donors (Lipinski definition) is 2. The number of ether oxygens (including phenoxy) is 2. The number of aliphatic imine (C=N–C) groups is 1. The molecule has 154 valence electrons. The van der Waals surface area contributed by atoms with Crippen LogP contribution in [0.5, 0.6) is 0 Å². The SMILES string of the molecule is CCOCCCN=C(NCCc1ccco1)NC1CCN(CCOC)CC1. The lowest BCUT2D eigenvalue weighted by molar-refractivity contribution is 0.128. The molecular weight excluding hydrogens is 344 g/mol. The second-order valence-electron chi connectivity index (χ2n) is 6.79. The minimum atomic E-state index is 0.463. The van der Waals surface area contributed by atoms with Crippen LogP contribution >= 0.6 is 0 Å². The predicted octanol–water partition coefficient (Wildman–Crippen LogP) is 1.89. The fourth-order valence-electron chi connectivity index (χ4n) is 3.13. The van der Waals surface area contributed by atoms with Gasteiger partial charge in [0.15, 0.2) is 5.96 Å². The second-order valence-corrected chi connectivity index (χ2v) is 6.79. The van der Waals surface area contributed by atoms with E-state index in [0.29, 0.717) is 6.04 Å². The molecule has 0 bridgehead atoms. The minimum absolute atomic E-state index is 0.463. The monoisotopic (exact) mass is 380 g/mol. The molecule has 1 aromatic rings. The third kappa shape index (κ3) is 9.26. The quantitative estimate of drug-likeness (QED) is 0.328. The van der Waals surface area contributed by atoms with Crippen molar-refractivity contribution in [3.63, 3.8) is 0 Å². The van der Waals surface area contributed by atoms with Crippen LogP contribution in [-0.4, -0.2) is 76.6 Å². The lowest BCUT2D eigenvalue weighted by atomic mass is 10.1. The highest BCUT2D eigenvalue weighted by Gasteiger charge is 2.19. The molecule has 7 nitrogen and oxygen atoms in total. The zero-order chi connectivity index (χ0) is 19.2. The van der Waals surface area contributed by atoms with Gasteiger partial charge in [-0.1, -0.05) is 0 Å². The number of likely N-dealkylation sites (tertiary alicyclic amines) is 1. The minimum Gasteiger partial charge on any atom is -0.469 e. The van der Waals surface area contributed by atoms with Crippen molar-refractivity contribution >= 4 is 5.96 Å². The zero-order valence-electron chi connectivity index (χ0n) is 16.9. The first-order valence-electron chi connectivity index (χ1n) is 10.2. The Labute approximate surface area is 163 Å². The summed E-state index contributed by atoms with van der Waals surface area (Å²) in [6.07, 6.45) is 5.76. The summed E-state index contributed by atoms with van der Waals surface area (Å²) in [5.74, 6) is 1.89. The van der Waals surface area contributed by atoms with E-state index in [1.165, 1.54) is 0 Å². The average molecular weight is 381 g/mol. The molecule has 0 aliphatic carbocycles. The van der Waals surface area contributed by atoms with Gasteiger partial charge in [0.25, 0.3) is 0 Å². The normalized spacial score (nSPS) is 16.6. The van der Waals surface area contributed by atoms with Crippen LogP contribution in [0.25, 0.3) is 0 Å². The molecule has 0 radical (unpaired) electrons. The molecule has 1 fully saturated rings. The number of furan rings is 1. The first-order valence-corrected chi connectivity index (χ1v) is 10.2. The molecule has 0 spiro atoms. The fourth-order valence-corrected chi connectivity index (χ4v) is 3.13. The summed E-state index contributed by atoms with van der Waals surface area (Å²) in [4.78, 5) is 7.19. The zero-order valence-corrected chi connectivity index (χ0v) is 16.9. The van der Waals surface area contributed by atoms with Crippen molar-refractivity contribution < 1.29 is 13.9 Å². The van der Waals surface area contributed by atoms with Gasteiger partial charge >= 0.3 is 0 Å². The molecule has 1 saturated heterocycles. The van der Waals surface area contributed by atoms with Gasteiger partial charge in [0.1, 0.15) is 5.76 Å². The van der Waals surface area contributed by atoms with E-state index in [0.717, 1.165) is 89.9 Å². The second kappa shape index (κ2) is 13.6. The Balaban J connectivity index is 1.75. The number of nitrogens with zero attached hydrogens (tertiary/aromatic N) is 2. The van der Waals surface area contributed by atoms with E-state index in [-0.39, 0.29) is 0 Å². The number of nitrogens with one attached hydrogen (secondary N) is 2. The van der Waals surface area contributed by atoms with Crippen LogP contribution in [0.1, 0.15) is 31.9 Å². The first-order chi connectivity index (χ1) is 13.3. The lowest BCUT2D eigenvalue weighted by Gasteiger charge is -2.33. The van der Waals surface area contributed by atoms with Crippen LogP contribution in [-0.2, 0) is 15.9 Å². The molecule has 0 amide bonds. The third-order valence-corrected chi connectivity index (χ3v) is 4.70. The van der Waals surface area contributed by atoms with Crippen molar-refractivity contribution in [1.82, 2.24) is 15.5 Å². The van der Waals surface area contributed by atoms with Crippen molar-refractivity contribution in [2.75, 3.05) is 59.7 Å². The van der Waals surface area contributed by atoms with Crippen molar-refractivity contribution in [3.05, 3.63) is 24.2 Å². The molecule has 2 N–H and O–H groups in total. The smallest absolute Gasteiger partial charge is 0.191 e. The van der Waals surface area contributed by atoms with Crippen LogP contribution in [0.4, 0.5) is 0 Å². The van der Waals surface area contributed by atoms with E-state index in [1.807, 2.05) is 19.1 Å². The Morgan fingerprint density at radius 3 is 2.89 bits per heavy atom. The van der Waals surface area contributed by atoms with Gasteiger partial charge in [0.2, 0.25) is 0 Å². The Morgan fingerprint density at radius 1 is 1.33 bits per heavy atom. The van der Waals surface area contributed by atoms with Gasteiger partial charge in [-0.3, -0.25) is 4.99 Å². The van der Waals surface area contributed by atoms with Gasteiger partial charge in [-0.25, -0.2) is 0 Å². The van der Waals surface area contributed by atoms with Crippen molar-refractivity contribution in [3.8, 4) is 0 Å². The Kier molecular flexibility index (Phi) is 10.9. The predicted molar refractivity (Wildman–Crippen MR) is 108 cm³/mol. The summed E-state index contributed by atoms with van der Waals surface area (Å²) in [6.45, 7) is 9.14. The van der Waals surface area contributed by atoms with Gasteiger partial charge in [-0.15, -0.1) is 0 Å². The highest BCUT2D eigenvalue weighted by molar-refractivity contribution is 5.80. The molecule has 0 aromatic carbocycles. The number of piperidine rings is 1. The maximum absolute atomic E-state index is 5.40. The van der Waals surface area contributed by atoms with Crippen molar-refractivity contribution in [2.45, 2.75) is 38.6 Å². The Bertz CT molecular complexity index is 499. The van der Waals surface area contributed by atoms with Crippen LogP contribution in [0.2, 0.25) is 0 Å². The van der Waals surface area contributed by atoms with Crippen LogP contribution in [0.15, 0.2) is 27.8 Å². The van der Waals surface area contributed by atoms with Gasteiger partial charge < -0.3 is 29.4 Å². The van der Waals surface area contributed by atoms with E-state index in [4.69, 9.17) is 18.9 Å². The van der Waals surface area contributed by atoms with E-state index in [2.05, 4.69) is 15.5 Å². The van der Waals surface area contributed by atoms with Gasteiger partial charge in [0.05, 0.1) is 12.9 Å².